The predicted molar refractivity (Wildman–Crippen MR) is 186 cm³/mol. The molecule has 2 N–H and O–H groups in total. The number of hydrogen-bond acceptors (Lipinski definition) is 6. The van der Waals surface area contributed by atoms with Gasteiger partial charge in [-0.05, 0) is 36.2 Å². The number of halogens is 2. The number of nitrogens with one attached hydrogen (secondary N) is 2. The van der Waals surface area contributed by atoms with E-state index in [1.165, 1.54) is 17.2 Å². The fourth-order valence-corrected chi connectivity index (χ4v) is 6.92. The van der Waals surface area contributed by atoms with Crippen molar-refractivity contribution in [2.45, 2.75) is 37.8 Å². The van der Waals surface area contributed by atoms with Crippen LogP contribution in [0, 0.1) is 5.82 Å². The van der Waals surface area contributed by atoms with Gasteiger partial charge < -0.3 is 24.2 Å². The Kier molecular flexibility index (Phi) is 9.47. The third-order valence-electron chi connectivity index (χ3n) is 7.94. The molecule has 0 bridgehead atoms. The van der Waals surface area contributed by atoms with Gasteiger partial charge >= 0.3 is 9.76 Å². The van der Waals surface area contributed by atoms with E-state index in [4.69, 9.17) is 25.5 Å². The first-order valence-electron chi connectivity index (χ1n) is 15.2. The lowest BCUT2D eigenvalue weighted by molar-refractivity contribution is 0.208. The molecule has 1 atom stereocenters. The van der Waals surface area contributed by atoms with Crippen molar-refractivity contribution < 1.29 is 18.3 Å². The predicted octanol–water partition coefficient (Wildman–Crippen LogP) is 9.67. The zero-order valence-corrected chi connectivity index (χ0v) is 28.2. The Hall–Kier alpha value is -4.86. The van der Waals surface area contributed by atoms with Gasteiger partial charge in [0.15, 0.2) is 17.6 Å². The Bertz CT molecular complexity index is 1920. The van der Waals surface area contributed by atoms with Crippen molar-refractivity contribution in [1.82, 2.24) is 15.0 Å². The number of rotatable bonds is 12. The fraction of sp³-hybridized carbons (Fsp3) is 0.189. The number of nitrogens with zero attached hydrogens (tertiary/aromatic N) is 2. The summed E-state index contributed by atoms with van der Waals surface area (Å²) in [5.74, 6) is 1.64. The third kappa shape index (κ3) is 7.11. The summed E-state index contributed by atoms with van der Waals surface area (Å²) >= 11 is 6.54. The molecular formula is C37H34ClFN4O3Si. The van der Waals surface area contributed by atoms with Crippen molar-refractivity contribution in [3.8, 4) is 17.2 Å². The molecule has 10 heteroatoms. The van der Waals surface area contributed by atoms with Gasteiger partial charge in [0, 0.05) is 52.8 Å². The maximum absolute atomic E-state index is 15.4. The highest BCUT2D eigenvalue weighted by Crippen LogP contribution is 2.46. The number of H-pyrrole nitrogens is 1. The molecule has 2 radical (unpaired) electrons. The van der Waals surface area contributed by atoms with Crippen LogP contribution in [0.5, 0.6) is 17.2 Å². The van der Waals surface area contributed by atoms with Gasteiger partial charge in [-0.3, -0.25) is 4.98 Å². The average molecular weight is 665 g/mol. The van der Waals surface area contributed by atoms with Gasteiger partial charge in [0.25, 0.3) is 0 Å². The first kappa shape index (κ1) is 32.1. The highest BCUT2D eigenvalue weighted by atomic mass is 35.5. The molecule has 0 aliphatic rings. The third-order valence-corrected chi connectivity index (χ3v) is 9.37. The number of aromatic nitrogens is 3. The summed E-state index contributed by atoms with van der Waals surface area (Å²) in [7, 11) is 1.58. The van der Waals surface area contributed by atoms with Crippen LogP contribution in [0.15, 0.2) is 110 Å². The summed E-state index contributed by atoms with van der Waals surface area (Å²) < 4.78 is 33.6. The van der Waals surface area contributed by atoms with Gasteiger partial charge in [0.05, 0.1) is 23.3 Å². The molecule has 0 amide bonds. The van der Waals surface area contributed by atoms with Crippen LogP contribution in [0.4, 0.5) is 15.8 Å². The summed E-state index contributed by atoms with van der Waals surface area (Å²) in [4.78, 5) is 11.9. The lowest BCUT2D eigenvalue weighted by atomic mass is 9.82. The van der Waals surface area contributed by atoms with Crippen LogP contribution in [0.2, 0.25) is 10.1 Å². The van der Waals surface area contributed by atoms with E-state index in [0.29, 0.717) is 34.3 Å². The fourth-order valence-electron chi connectivity index (χ4n) is 5.67. The Balaban J connectivity index is 1.26. The maximum atomic E-state index is 15.4. The van der Waals surface area contributed by atoms with E-state index in [9.17, 15) is 0 Å². The Morgan fingerprint density at radius 1 is 0.851 bits per heavy atom. The number of aromatic amines is 1. The van der Waals surface area contributed by atoms with Crippen LogP contribution in [0.3, 0.4) is 0 Å². The molecule has 238 valence electrons. The van der Waals surface area contributed by atoms with E-state index in [1.54, 1.807) is 43.9 Å². The minimum Gasteiger partial charge on any atom is -0.539 e. The van der Waals surface area contributed by atoms with Crippen molar-refractivity contribution >= 4 is 43.6 Å². The topological polar surface area (TPSA) is 81.3 Å². The second-order valence-electron chi connectivity index (χ2n) is 11.7. The van der Waals surface area contributed by atoms with E-state index >= 15 is 4.39 Å². The summed E-state index contributed by atoms with van der Waals surface area (Å²) in [5, 5.41) is 3.82. The monoisotopic (exact) mass is 664 g/mol. The van der Waals surface area contributed by atoms with E-state index < -0.39 is 5.82 Å². The normalized spacial score (nSPS) is 12.2. The van der Waals surface area contributed by atoms with Crippen LogP contribution in [0.25, 0.3) is 10.9 Å². The zero-order valence-electron chi connectivity index (χ0n) is 26.4. The van der Waals surface area contributed by atoms with Gasteiger partial charge in [-0.15, -0.1) is 0 Å². The second-order valence-corrected chi connectivity index (χ2v) is 13.8. The lowest BCUT2D eigenvalue weighted by Crippen LogP contribution is -2.27. The molecule has 6 rings (SSSR count). The van der Waals surface area contributed by atoms with Gasteiger partial charge in [0.1, 0.15) is 17.4 Å². The first-order valence-corrected chi connectivity index (χ1v) is 16.4. The van der Waals surface area contributed by atoms with Crippen molar-refractivity contribution in [3.63, 3.8) is 0 Å². The highest BCUT2D eigenvalue weighted by molar-refractivity contribution is 6.36. The van der Waals surface area contributed by atoms with Crippen molar-refractivity contribution in [3.05, 3.63) is 137 Å². The number of pyridine rings is 1. The summed E-state index contributed by atoms with van der Waals surface area (Å²) in [6.07, 6.45) is 4.72. The minimum absolute atomic E-state index is 0.0137. The van der Waals surface area contributed by atoms with Crippen molar-refractivity contribution in [2.75, 3.05) is 12.4 Å². The largest absolute Gasteiger partial charge is 0.539 e. The average Bonchev–Trinajstić information content (AvgIpc) is 3.62. The molecule has 6 aromatic rings. The minimum atomic E-state index is -0.513. The molecule has 1 unspecified atom stereocenters. The number of imidazole rings is 1. The number of hydrogen-bond donors (Lipinski definition) is 2. The molecule has 2 heterocycles. The standard InChI is InChI=1S/C37H34ClFN4O3Si/c1-23(36-41-17-18-42-36)45-34-21-30-26(19-33(34)44-4)29(15-16-40-30)43-31-22-32(27(38)20-28(31)39)46-47-37(2,3)35(24-11-7-5-8-12-24)25-13-9-6-10-14-25/h5-23,35H,1-4H3,(H,40,43)(H,41,42). The smallest absolute Gasteiger partial charge is 0.318 e. The highest BCUT2D eigenvalue weighted by Gasteiger charge is 2.35. The number of anilines is 2. The van der Waals surface area contributed by atoms with E-state index in [2.05, 4.69) is 58.4 Å². The molecule has 7 nitrogen and oxygen atoms in total. The molecule has 0 saturated heterocycles. The van der Waals surface area contributed by atoms with Crippen LogP contribution >= 0.6 is 11.6 Å². The molecule has 2 aromatic heterocycles. The van der Waals surface area contributed by atoms with Gasteiger partial charge in [-0.2, -0.15) is 0 Å². The van der Waals surface area contributed by atoms with E-state index in [1.807, 2.05) is 49.4 Å². The second kappa shape index (κ2) is 13.9. The molecule has 0 aliphatic carbocycles. The Labute approximate surface area is 281 Å². The molecule has 4 aromatic carbocycles. The van der Waals surface area contributed by atoms with Crippen LogP contribution in [-0.2, 0) is 0 Å². The summed E-state index contributed by atoms with van der Waals surface area (Å²) in [6, 6.07) is 29.0. The Morgan fingerprint density at radius 2 is 1.55 bits per heavy atom. The van der Waals surface area contributed by atoms with Crippen LogP contribution in [0.1, 0.15) is 49.7 Å². The number of methoxy groups -OCH3 is 1. The summed E-state index contributed by atoms with van der Waals surface area (Å²) in [5.41, 5.74) is 3.86. The quantitative estimate of drug-likeness (QED) is 0.127. The Morgan fingerprint density at radius 3 is 2.19 bits per heavy atom. The molecule has 0 aliphatic heterocycles. The van der Waals surface area contributed by atoms with Crippen molar-refractivity contribution in [1.29, 1.82) is 0 Å². The van der Waals surface area contributed by atoms with E-state index in [-0.39, 0.29) is 37.5 Å². The maximum Gasteiger partial charge on any atom is 0.318 e. The van der Waals surface area contributed by atoms with Gasteiger partial charge in [-0.25, -0.2) is 9.37 Å². The number of benzene rings is 4. The number of ether oxygens (including phenoxy) is 2. The molecular weight excluding hydrogens is 631 g/mol. The van der Waals surface area contributed by atoms with E-state index in [0.717, 1.165) is 5.39 Å². The SMILES string of the molecule is COc1cc2c(Nc3cc(O[Si]C(C)(C)C(c4ccccc4)c4ccccc4)c(Cl)cc3F)ccnc2cc1OC(C)c1ncc[nH]1. The van der Waals surface area contributed by atoms with Crippen LogP contribution < -0.4 is 19.2 Å². The summed E-state index contributed by atoms with van der Waals surface area (Å²) in [6.45, 7) is 6.25. The number of fused-ring (bicyclic) bond motifs is 1. The molecule has 0 saturated carbocycles. The molecule has 47 heavy (non-hydrogen) atoms. The van der Waals surface area contributed by atoms with Crippen LogP contribution in [-0.4, -0.2) is 31.8 Å². The zero-order chi connectivity index (χ0) is 33.0. The van der Waals surface area contributed by atoms with Gasteiger partial charge in [-0.1, -0.05) is 86.1 Å². The van der Waals surface area contributed by atoms with Gasteiger partial charge in [0.2, 0.25) is 0 Å². The lowest BCUT2D eigenvalue weighted by Gasteiger charge is -2.34. The van der Waals surface area contributed by atoms with Crippen molar-refractivity contribution in [2.24, 2.45) is 0 Å². The molecule has 0 spiro atoms. The molecule has 0 fully saturated rings. The first-order chi connectivity index (χ1) is 22.7.